The molecule has 2 saturated carbocycles. The van der Waals surface area contributed by atoms with Crippen LogP contribution in [0.2, 0.25) is 0 Å². The molecule has 3 rings (SSSR count). The Kier molecular flexibility index (Phi) is 0.947. The number of ketones is 1. The van der Waals surface area contributed by atoms with E-state index in [2.05, 4.69) is 0 Å². The van der Waals surface area contributed by atoms with Crippen molar-refractivity contribution >= 4 is 5.78 Å². The van der Waals surface area contributed by atoms with Gasteiger partial charge in [0, 0.05) is 6.42 Å². The Morgan fingerprint density at radius 2 is 2.36 bits per heavy atom. The van der Waals surface area contributed by atoms with Gasteiger partial charge in [0.2, 0.25) is 0 Å². The third-order valence-electron chi connectivity index (χ3n) is 3.53. The van der Waals surface area contributed by atoms with Crippen LogP contribution in [-0.4, -0.2) is 17.5 Å². The Hall–Kier alpha value is -0.370. The zero-order valence-corrected chi connectivity index (χ0v) is 6.51. The molecule has 60 valence electrons. The molecule has 1 heterocycles. The minimum absolute atomic E-state index is 0.0350. The van der Waals surface area contributed by atoms with Gasteiger partial charge in [-0.05, 0) is 18.8 Å². The summed E-state index contributed by atoms with van der Waals surface area (Å²) in [5, 5.41) is 0. The third-order valence-corrected chi connectivity index (χ3v) is 3.53. The Labute approximate surface area is 65.9 Å². The highest BCUT2D eigenvalue weighted by Crippen LogP contribution is 2.58. The third kappa shape index (κ3) is 0.598. The lowest BCUT2D eigenvalue weighted by atomic mass is 9.81. The van der Waals surface area contributed by atoms with Crippen LogP contribution in [-0.2, 0) is 9.53 Å². The second kappa shape index (κ2) is 1.69. The summed E-state index contributed by atoms with van der Waals surface area (Å²) in [4.78, 5) is 11.3. The number of hydrogen-bond acceptors (Lipinski definition) is 2. The molecular formula is C9H12O2. The maximum atomic E-state index is 11.3. The number of hydrogen-bond donors (Lipinski definition) is 0. The van der Waals surface area contributed by atoms with E-state index in [1.165, 1.54) is 19.3 Å². The van der Waals surface area contributed by atoms with Gasteiger partial charge in [-0.2, -0.15) is 0 Å². The molecule has 1 saturated heterocycles. The zero-order chi connectivity index (χ0) is 7.47. The molecule has 3 atom stereocenters. The average molecular weight is 152 g/mol. The highest BCUT2D eigenvalue weighted by atomic mass is 16.6. The van der Waals surface area contributed by atoms with E-state index in [9.17, 15) is 4.79 Å². The van der Waals surface area contributed by atoms with Gasteiger partial charge in [-0.1, -0.05) is 12.8 Å². The number of Topliss-reactive ketones (excluding diaryl/α,β-unsaturated/α-hetero) is 1. The van der Waals surface area contributed by atoms with Crippen molar-refractivity contribution in [1.29, 1.82) is 0 Å². The van der Waals surface area contributed by atoms with E-state index in [-0.39, 0.29) is 11.7 Å². The Bertz CT molecular complexity index is 224. The van der Waals surface area contributed by atoms with E-state index in [0.717, 1.165) is 12.8 Å². The van der Waals surface area contributed by atoms with Gasteiger partial charge < -0.3 is 4.74 Å². The lowest BCUT2D eigenvalue weighted by molar-refractivity contribution is -0.121. The first-order valence-corrected chi connectivity index (χ1v) is 4.53. The number of rotatable bonds is 0. The smallest absolute Gasteiger partial charge is 0.164 e. The Morgan fingerprint density at radius 1 is 1.45 bits per heavy atom. The van der Waals surface area contributed by atoms with Crippen LogP contribution in [0, 0.1) is 5.92 Å². The van der Waals surface area contributed by atoms with Crippen LogP contribution in [0.5, 0.6) is 0 Å². The van der Waals surface area contributed by atoms with Crippen molar-refractivity contribution in [1.82, 2.24) is 0 Å². The summed E-state index contributed by atoms with van der Waals surface area (Å²) in [5.74, 6) is 0.964. The summed E-state index contributed by atoms with van der Waals surface area (Å²) in [6, 6.07) is 0. The van der Waals surface area contributed by atoms with Crippen LogP contribution >= 0.6 is 0 Å². The van der Waals surface area contributed by atoms with Crippen LogP contribution in [0.4, 0.5) is 0 Å². The van der Waals surface area contributed by atoms with E-state index in [4.69, 9.17) is 4.74 Å². The SMILES string of the molecule is O=C1CC2CCCCC23OC13. The monoisotopic (exact) mass is 152 g/mol. The lowest BCUT2D eigenvalue weighted by Gasteiger charge is -2.24. The van der Waals surface area contributed by atoms with Crippen molar-refractivity contribution < 1.29 is 9.53 Å². The van der Waals surface area contributed by atoms with Crippen molar-refractivity contribution in [3.63, 3.8) is 0 Å². The number of carbonyl (C=O) groups is 1. The molecule has 3 aliphatic rings. The first-order chi connectivity index (χ1) is 5.33. The molecule has 0 bridgehead atoms. The predicted octanol–water partition coefficient (Wildman–Crippen LogP) is 1.29. The number of carbonyl (C=O) groups excluding carboxylic acids is 1. The van der Waals surface area contributed by atoms with E-state index in [0.29, 0.717) is 11.7 Å². The molecule has 0 amide bonds. The van der Waals surface area contributed by atoms with Gasteiger partial charge in [0.1, 0.15) is 11.7 Å². The molecule has 1 aliphatic heterocycles. The lowest BCUT2D eigenvalue weighted by Crippen LogP contribution is -2.25. The van der Waals surface area contributed by atoms with Gasteiger partial charge in [0.05, 0.1) is 0 Å². The fourth-order valence-electron chi connectivity index (χ4n) is 2.89. The van der Waals surface area contributed by atoms with Crippen molar-refractivity contribution in [2.45, 2.75) is 43.8 Å². The highest BCUT2D eigenvalue weighted by Gasteiger charge is 2.69. The first kappa shape index (κ1) is 6.18. The second-order valence-electron chi connectivity index (χ2n) is 4.07. The second-order valence-corrected chi connectivity index (χ2v) is 4.07. The maximum absolute atomic E-state index is 11.3. The minimum atomic E-state index is 0.0350. The zero-order valence-electron chi connectivity index (χ0n) is 6.51. The molecule has 2 nitrogen and oxygen atoms in total. The van der Waals surface area contributed by atoms with E-state index in [1.807, 2.05) is 0 Å². The topological polar surface area (TPSA) is 29.6 Å². The molecule has 0 aromatic carbocycles. The van der Waals surface area contributed by atoms with Gasteiger partial charge in [-0.3, -0.25) is 4.79 Å². The van der Waals surface area contributed by atoms with Crippen LogP contribution < -0.4 is 0 Å². The van der Waals surface area contributed by atoms with E-state index >= 15 is 0 Å². The van der Waals surface area contributed by atoms with Crippen molar-refractivity contribution in [3.8, 4) is 0 Å². The summed E-state index contributed by atoms with van der Waals surface area (Å²) in [7, 11) is 0. The summed E-state index contributed by atoms with van der Waals surface area (Å²) in [5.41, 5.74) is 0.0787. The Morgan fingerprint density at radius 3 is 3.09 bits per heavy atom. The molecule has 3 unspecified atom stereocenters. The maximum Gasteiger partial charge on any atom is 0.164 e. The summed E-state index contributed by atoms with van der Waals surface area (Å²) in [6.07, 6.45) is 5.78. The standard InChI is InChI=1S/C9H12O2/c10-7-5-6-3-1-2-4-9(6)8(7)11-9/h6,8H,1-5H2. The van der Waals surface area contributed by atoms with Gasteiger partial charge in [0.15, 0.2) is 5.78 Å². The quantitative estimate of drug-likeness (QED) is 0.489. The fourth-order valence-corrected chi connectivity index (χ4v) is 2.89. The van der Waals surface area contributed by atoms with Gasteiger partial charge in [-0.25, -0.2) is 0 Å². The molecule has 3 fully saturated rings. The van der Waals surface area contributed by atoms with Gasteiger partial charge in [0.25, 0.3) is 0 Å². The van der Waals surface area contributed by atoms with Crippen LogP contribution in [0.15, 0.2) is 0 Å². The molecule has 0 radical (unpaired) electrons. The van der Waals surface area contributed by atoms with Crippen LogP contribution in [0.1, 0.15) is 32.1 Å². The predicted molar refractivity (Wildman–Crippen MR) is 39.2 cm³/mol. The molecule has 0 N–H and O–H groups in total. The van der Waals surface area contributed by atoms with E-state index < -0.39 is 0 Å². The number of epoxide rings is 1. The first-order valence-electron chi connectivity index (χ1n) is 4.53. The molecule has 0 aromatic rings. The largest absolute Gasteiger partial charge is 0.357 e. The molecule has 0 aromatic heterocycles. The van der Waals surface area contributed by atoms with Gasteiger partial charge in [-0.15, -0.1) is 0 Å². The number of ether oxygens (including phenoxy) is 1. The normalized spacial score (nSPS) is 53.6. The highest BCUT2D eigenvalue weighted by molar-refractivity contribution is 5.90. The molecule has 11 heavy (non-hydrogen) atoms. The molecule has 1 spiro atoms. The average Bonchev–Trinajstić information content (AvgIpc) is 2.65. The van der Waals surface area contributed by atoms with Crippen molar-refractivity contribution in [3.05, 3.63) is 0 Å². The summed E-state index contributed by atoms with van der Waals surface area (Å²) >= 11 is 0. The van der Waals surface area contributed by atoms with Crippen LogP contribution in [0.3, 0.4) is 0 Å². The molecule has 2 aliphatic carbocycles. The van der Waals surface area contributed by atoms with Gasteiger partial charge >= 0.3 is 0 Å². The fraction of sp³-hybridized carbons (Fsp3) is 0.889. The Balaban J connectivity index is 1.94. The minimum Gasteiger partial charge on any atom is -0.357 e. The summed E-state index contributed by atoms with van der Waals surface area (Å²) in [6.45, 7) is 0. The van der Waals surface area contributed by atoms with Crippen molar-refractivity contribution in [2.24, 2.45) is 5.92 Å². The van der Waals surface area contributed by atoms with Crippen molar-refractivity contribution in [2.75, 3.05) is 0 Å². The molecular weight excluding hydrogens is 140 g/mol. The van der Waals surface area contributed by atoms with Crippen LogP contribution in [0.25, 0.3) is 0 Å². The van der Waals surface area contributed by atoms with E-state index in [1.54, 1.807) is 0 Å². The summed E-state index contributed by atoms with van der Waals surface area (Å²) < 4.78 is 5.51. The molecule has 2 heteroatoms.